The average Bonchev–Trinajstić information content (AvgIpc) is 3.55. The highest BCUT2D eigenvalue weighted by Gasteiger charge is 2.25. The van der Waals surface area contributed by atoms with Gasteiger partial charge in [-0.3, -0.25) is 4.98 Å². The molecule has 8 nitrogen and oxygen atoms in total. The monoisotopic (exact) mass is 661 g/mol. The van der Waals surface area contributed by atoms with Crippen LogP contribution in [0.5, 0.6) is 0 Å². The predicted molar refractivity (Wildman–Crippen MR) is 175 cm³/mol. The second-order valence-electron chi connectivity index (χ2n) is 11.4. The molecule has 46 heavy (non-hydrogen) atoms. The Morgan fingerprint density at radius 3 is 2.57 bits per heavy atom. The van der Waals surface area contributed by atoms with E-state index in [0.29, 0.717) is 40.3 Å². The zero-order valence-corrected chi connectivity index (χ0v) is 26.6. The van der Waals surface area contributed by atoms with Gasteiger partial charge in [0, 0.05) is 56.1 Å². The smallest absolute Gasteiger partial charge is 0.141 e. The third-order valence-electron chi connectivity index (χ3n) is 8.43. The number of hydrogen-bond donors (Lipinski definition) is 1. The molecule has 0 radical (unpaired) electrons. The number of aromatic nitrogens is 4. The van der Waals surface area contributed by atoms with Gasteiger partial charge in [-0.1, -0.05) is 40.5 Å². The Bertz CT molecular complexity index is 1890. The van der Waals surface area contributed by atoms with Crippen LogP contribution in [0.25, 0.3) is 10.9 Å². The first-order valence-corrected chi connectivity index (χ1v) is 15.7. The molecule has 0 aliphatic carbocycles. The number of rotatable bonds is 10. The standard InChI is InChI=1S/C34H31Cl2F2N7O/c1-46-13-12-44-10-8-26(9-11-44)45-20-32(42-43-45)27(22-2-4-24(37)5-3-22)14-21-15-28-33(41-25-6-7-31(38)29(35)17-25)23(18-39)19-40-34(28)30(36)16-21/h2-7,15-17,19-20,26-27H,8-14H2,1H3,(H,40,41)/t27-/m0/s1. The molecule has 1 N–H and O–H groups in total. The van der Waals surface area contributed by atoms with Crippen LogP contribution in [0, 0.1) is 23.0 Å². The van der Waals surface area contributed by atoms with Crippen LogP contribution < -0.4 is 5.32 Å². The van der Waals surface area contributed by atoms with E-state index in [-0.39, 0.29) is 28.4 Å². The second-order valence-corrected chi connectivity index (χ2v) is 12.2. The maximum absolute atomic E-state index is 14.0. The maximum atomic E-state index is 14.0. The molecule has 12 heteroatoms. The SMILES string of the molecule is COCCN1CCC(n2cc([C@@H](Cc3cc(Cl)c4ncc(C#N)c(Nc5ccc(F)c(Cl)c5)c4c3)c3ccc(F)cc3)nn2)CC1. The quantitative estimate of drug-likeness (QED) is 0.164. The summed E-state index contributed by atoms with van der Waals surface area (Å²) in [7, 11) is 1.72. The summed E-state index contributed by atoms with van der Waals surface area (Å²) < 4.78 is 35.0. The van der Waals surface area contributed by atoms with Crippen molar-refractivity contribution in [3.8, 4) is 6.07 Å². The van der Waals surface area contributed by atoms with Gasteiger partial charge in [-0.25, -0.2) is 13.5 Å². The molecule has 0 unspecified atom stereocenters. The number of nitrogens with zero attached hydrogens (tertiary/aromatic N) is 6. The van der Waals surface area contributed by atoms with Gasteiger partial charge in [-0.15, -0.1) is 5.10 Å². The molecule has 0 bridgehead atoms. The zero-order valence-electron chi connectivity index (χ0n) is 25.1. The number of benzene rings is 3. The number of methoxy groups -OCH3 is 1. The number of ether oxygens (including phenoxy) is 1. The van der Waals surface area contributed by atoms with Crippen molar-refractivity contribution in [2.45, 2.75) is 31.2 Å². The molecule has 1 fully saturated rings. The molecule has 236 valence electrons. The third kappa shape index (κ3) is 6.98. The van der Waals surface area contributed by atoms with Crippen molar-refractivity contribution in [2.24, 2.45) is 0 Å². The molecule has 1 aliphatic rings. The van der Waals surface area contributed by atoms with Gasteiger partial charge in [0.05, 0.1) is 45.2 Å². The highest BCUT2D eigenvalue weighted by Crippen LogP contribution is 2.37. The summed E-state index contributed by atoms with van der Waals surface area (Å²) >= 11 is 12.8. The topological polar surface area (TPSA) is 91.9 Å². The first-order valence-electron chi connectivity index (χ1n) is 14.9. The van der Waals surface area contributed by atoms with E-state index in [1.807, 2.05) is 23.0 Å². The molecule has 0 saturated carbocycles. The van der Waals surface area contributed by atoms with Crippen LogP contribution >= 0.6 is 23.2 Å². The van der Waals surface area contributed by atoms with Crippen molar-refractivity contribution in [2.75, 3.05) is 38.7 Å². The maximum Gasteiger partial charge on any atom is 0.141 e. The zero-order chi connectivity index (χ0) is 32.2. The summed E-state index contributed by atoms with van der Waals surface area (Å²) in [6.45, 7) is 3.54. The van der Waals surface area contributed by atoms with Gasteiger partial charge >= 0.3 is 0 Å². The molecule has 5 aromatic rings. The minimum Gasteiger partial charge on any atom is -0.383 e. The van der Waals surface area contributed by atoms with Gasteiger partial charge in [0.2, 0.25) is 0 Å². The number of nitrogens with one attached hydrogen (secondary N) is 1. The number of likely N-dealkylation sites (tertiary alicyclic amines) is 1. The van der Waals surface area contributed by atoms with Crippen LogP contribution in [-0.2, 0) is 11.2 Å². The van der Waals surface area contributed by atoms with Gasteiger partial charge in [0.1, 0.15) is 17.7 Å². The van der Waals surface area contributed by atoms with E-state index in [1.54, 1.807) is 19.2 Å². The van der Waals surface area contributed by atoms with Crippen molar-refractivity contribution in [3.63, 3.8) is 0 Å². The molecule has 2 aromatic heterocycles. The Kier molecular flexibility index (Phi) is 9.75. The second kappa shape index (κ2) is 14.1. The predicted octanol–water partition coefficient (Wildman–Crippen LogP) is 7.68. The number of fused-ring (bicyclic) bond motifs is 1. The lowest BCUT2D eigenvalue weighted by atomic mass is 9.89. The fraction of sp³-hybridized carbons (Fsp3) is 0.294. The summed E-state index contributed by atoms with van der Waals surface area (Å²) in [4.78, 5) is 6.84. The van der Waals surface area contributed by atoms with Crippen LogP contribution in [0.15, 0.2) is 67.0 Å². The molecule has 3 heterocycles. The molecule has 0 spiro atoms. The number of nitriles is 1. The number of halogens is 4. The number of piperidine rings is 1. The molecule has 0 amide bonds. The van der Waals surface area contributed by atoms with E-state index in [9.17, 15) is 14.0 Å². The molecule has 6 rings (SSSR count). The van der Waals surface area contributed by atoms with Gasteiger partial charge in [0.15, 0.2) is 0 Å². The van der Waals surface area contributed by atoms with Crippen LogP contribution in [0.3, 0.4) is 0 Å². The van der Waals surface area contributed by atoms with E-state index in [1.165, 1.54) is 36.5 Å². The lowest BCUT2D eigenvalue weighted by Gasteiger charge is -2.31. The van der Waals surface area contributed by atoms with Crippen LogP contribution in [-0.4, -0.2) is 58.2 Å². The molecular weight excluding hydrogens is 631 g/mol. The van der Waals surface area contributed by atoms with Crippen molar-refractivity contribution in [3.05, 3.63) is 111 Å². The summed E-state index contributed by atoms with van der Waals surface area (Å²) in [6, 6.07) is 16.8. The van der Waals surface area contributed by atoms with Gasteiger partial charge in [0.25, 0.3) is 0 Å². The molecule has 1 aliphatic heterocycles. The van der Waals surface area contributed by atoms with Crippen LogP contribution in [0.2, 0.25) is 10.0 Å². The highest BCUT2D eigenvalue weighted by molar-refractivity contribution is 6.35. The normalized spacial score (nSPS) is 14.8. The summed E-state index contributed by atoms with van der Waals surface area (Å²) in [5.74, 6) is -1.13. The van der Waals surface area contributed by atoms with Crippen LogP contribution in [0.4, 0.5) is 20.2 Å². The Morgan fingerprint density at radius 2 is 1.85 bits per heavy atom. The molecule has 1 saturated heterocycles. The first kappa shape index (κ1) is 31.8. The third-order valence-corrected chi connectivity index (χ3v) is 9.01. The highest BCUT2D eigenvalue weighted by atomic mass is 35.5. The average molecular weight is 663 g/mol. The van der Waals surface area contributed by atoms with E-state index in [2.05, 4.69) is 31.6 Å². The van der Waals surface area contributed by atoms with Gasteiger partial charge in [-0.2, -0.15) is 5.26 Å². The number of anilines is 2. The minimum absolute atomic E-state index is 0.0487. The first-order chi connectivity index (χ1) is 22.3. The Balaban J connectivity index is 1.34. The lowest BCUT2D eigenvalue weighted by molar-refractivity contribution is 0.119. The Morgan fingerprint density at radius 1 is 1.07 bits per heavy atom. The van der Waals surface area contributed by atoms with Crippen molar-refractivity contribution in [1.82, 2.24) is 24.9 Å². The van der Waals surface area contributed by atoms with Gasteiger partial charge < -0.3 is 15.0 Å². The molecule has 3 aromatic carbocycles. The fourth-order valence-corrected chi connectivity index (χ4v) is 6.42. The van der Waals surface area contributed by atoms with Gasteiger partial charge in [-0.05, 0) is 72.9 Å². The summed E-state index contributed by atoms with van der Waals surface area (Å²) in [5.41, 5.74) is 4.25. The Hall–Kier alpha value is -4.14. The van der Waals surface area contributed by atoms with E-state index in [4.69, 9.17) is 27.9 Å². The van der Waals surface area contributed by atoms with E-state index in [0.717, 1.165) is 49.3 Å². The number of pyridine rings is 1. The number of hydrogen-bond acceptors (Lipinski definition) is 7. The summed E-state index contributed by atoms with van der Waals surface area (Å²) in [6.07, 6.45) is 5.82. The molecular formula is C34H31Cl2F2N7O. The van der Waals surface area contributed by atoms with Crippen LogP contribution in [0.1, 0.15) is 47.2 Å². The van der Waals surface area contributed by atoms with E-state index >= 15 is 0 Å². The van der Waals surface area contributed by atoms with Crippen molar-refractivity contribution < 1.29 is 13.5 Å². The van der Waals surface area contributed by atoms with Crippen molar-refractivity contribution >= 4 is 45.5 Å². The lowest BCUT2D eigenvalue weighted by Crippen LogP contribution is -2.36. The summed E-state index contributed by atoms with van der Waals surface area (Å²) in [5, 5.41) is 23.2. The Labute approximate surface area is 275 Å². The largest absolute Gasteiger partial charge is 0.383 e. The fourth-order valence-electron chi connectivity index (χ4n) is 5.95. The molecule has 1 atom stereocenters. The van der Waals surface area contributed by atoms with E-state index < -0.39 is 5.82 Å². The minimum atomic E-state index is -0.547. The van der Waals surface area contributed by atoms with Crippen molar-refractivity contribution in [1.29, 1.82) is 5.26 Å².